The van der Waals surface area contributed by atoms with Crippen molar-refractivity contribution in [3.8, 4) is 28.5 Å². The first-order valence-electron chi connectivity index (χ1n) is 12.4. The summed E-state index contributed by atoms with van der Waals surface area (Å²) in [5.74, 6) is 0.202. The molecular formula is C30H26N6O. The van der Waals surface area contributed by atoms with E-state index < -0.39 is 5.41 Å². The van der Waals surface area contributed by atoms with Crippen LogP contribution >= 0.6 is 0 Å². The van der Waals surface area contributed by atoms with Crippen molar-refractivity contribution in [3.63, 3.8) is 0 Å². The van der Waals surface area contributed by atoms with Crippen molar-refractivity contribution in [2.24, 2.45) is 13.0 Å². The summed E-state index contributed by atoms with van der Waals surface area (Å²) in [6, 6.07) is 18.5. The quantitative estimate of drug-likeness (QED) is 0.329. The number of pyridine rings is 2. The average Bonchev–Trinajstić information content (AvgIpc) is 3.70. The lowest BCUT2D eigenvalue weighted by atomic mass is 9.86. The summed E-state index contributed by atoms with van der Waals surface area (Å²) in [7, 11) is 1.92. The van der Waals surface area contributed by atoms with Crippen molar-refractivity contribution >= 4 is 33.4 Å². The smallest absolute Gasteiger partial charge is 0.227 e. The fourth-order valence-electron chi connectivity index (χ4n) is 4.68. The molecule has 0 spiro atoms. The minimum atomic E-state index is -0.555. The van der Waals surface area contributed by atoms with Crippen LogP contribution in [0.5, 0.6) is 0 Å². The third-order valence-electron chi connectivity index (χ3n) is 7.13. The van der Waals surface area contributed by atoms with Crippen LogP contribution in [-0.2, 0) is 17.3 Å². The first-order valence-corrected chi connectivity index (χ1v) is 12.4. The summed E-state index contributed by atoms with van der Waals surface area (Å²) in [5, 5.41) is 19.0. The molecule has 0 radical (unpaired) electrons. The van der Waals surface area contributed by atoms with Gasteiger partial charge in [-0.25, -0.2) is 4.98 Å². The second-order valence-electron chi connectivity index (χ2n) is 10.3. The number of fused-ring (bicyclic) bond motifs is 3. The summed E-state index contributed by atoms with van der Waals surface area (Å²) in [6.07, 6.45) is 7.29. The van der Waals surface area contributed by atoms with E-state index in [1.54, 1.807) is 12.4 Å². The molecule has 182 valence electrons. The fourth-order valence-corrected chi connectivity index (χ4v) is 4.68. The van der Waals surface area contributed by atoms with Crippen LogP contribution in [0.2, 0.25) is 0 Å². The Labute approximate surface area is 214 Å². The van der Waals surface area contributed by atoms with E-state index in [1.807, 2.05) is 74.2 Å². The normalized spacial score (nSPS) is 13.6. The minimum Gasteiger partial charge on any atom is -0.324 e. The standard InChI is InChI=1S/C30H26N6O/c1-30(2,17-31)22-9-6-18(7-10-22)27-28-25(16-33-36(28)3)24-13-20(8-11-26(24)35-27)21-12-23(15-32-14-21)34-29(37)19-4-5-19/h6-16,19H,4-5H2,1-3H3,(H,34,37). The van der Waals surface area contributed by atoms with Gasteiger partial charge >= 0.3 is 0 Å². The van der Waals surface area contributed by atoms with E-state index in [0.717, 1.165) is 62.6 Å². The number of hydrogen-bond donors (Lipinski definition) is 1. The Balaban J connectivity index is 1.43. The molecule has 3 heterocycles. The van der Waals surface area contributed by atoms with Crippen molar-refractivity contribution < 1.29 is 4.79 Å². The van der Waals surface area contributed by atoms with Gasteiger partial charge in [-0.05, 0) is 56.0 Å². The molecule has 7 nitrogen and oxygen atoms in total. The van der Waals surface area contributed by atoms with Gasteiger partial charge in [0.1, 0.15) is 0 Å². The summed E-state index contributed by atoms with van der Waals surface area (Å²) in [6.45, 7) is 3.83. The van der Waals surface area contributed by atoms with Crippen LogP contribution in [0, 0.1) is 17.2 Å². The number of benzene rings is 2. The van der Waals surface area contributed by atoms with Gasteiger partial charge in [0.25, 0.3) is 0 Å². The number of hydrogen-bond acceptors (Lipinski definition) is 5. The summed E-state index contributed by atoms with van der Waals surface area (Å²) in [4.78, 5) is 21.6. The van der Waals surface area contributed by atoms with Crippen molar-refractivity contribution in [1.29, 1.82) is 5.26 Å². The summed E-state index contributed by atoms with van der Waals surface area (Å²) in [5.41, 5.74) is 6.67. The Morgan fingerprint density at radius 1 is 1.00 bits per heavy atom. The lowest BCUT2D eigenvalue weighted by molar-refractivity contribution is -0.117. The van der Waals surface area contributed by atoms with Crippen molar-refractivity contribution in [2.45, 2.75) is 32.1 Å². The molecule has 0 unspecified atom stereocenters. The number of amides is 1. The molecule has 0 aliphatic heterocycles. The molecule has 1 aliphatic carbocycles. The van der Waals surface area contributed by atoms with Gasteiger partial charge in [0.2, 0.25) is 5.91 Å². The molecule has 6 rings (SSSR count). The van der Waals surface area contributed by atoms with Gasteiger partial charge in [0.15, 0.2) is 0 Å². The molecule has 0 atom stereocenters. The zero-order chi connectivity index (χ0) is 25.7. The Bertz CT molecular complexity index is 1720. The number of carbonyl (C=O) groups is 1. The average molecular weight is 487 g/mol. The number of aromatic nitrogens is 4. The molecule has 5 aromatic rings. The maximum absolute atomic E-state index is 12.2. The predicted octanol–water partition coefficient (Wildman–Crippen LogP) is 6.00. The number of anilines is 1. The number of carbonyl (C=O) groups excluding carboxylic acids is 1. The number of nitriles is 1. The van der Waals surface area contributed by atoms with E-state index in [9.17, 15) is 10.1 Å². The van der Waals surface area contributed by atoms with Gasteiger partial charge in [-0.2, -0.15) is 10.4 Å². The molecular weight excluding hydrogens is 460 g/mol. The van der Waals surface area contributed by atoms with E-state index in [2.05, 4.69) is 27.5 Å². The van der Waals surface area contributed by atoms with Crippen LogP contribution in [-0.4, -0.2) is 25.7 Å². The maximum atomic E-state index is 12.2. The Morgan fingerprint density at radius 2 is 1.76 bits per heavy atom. The lowest BCUT2D eigenvalue weighted by Gasteiger charge is -2.16. The van der Waals surface area contributed by atoms with Gasteiger partial charge in [-0.1, -0.05) is 30.3 Å². The van der Waals surface area contributed by atoms with E-state index in [0.29, 0.717) is 5.69 Å². The molecule has 37 heavy (non-hydrogen) atoms. The van der Waals surface area contributed by atoms with E-state index in [-0.39, 0.29) is 11.8 Å². The van der Waals surface area contributed by atoms with Gasteiger partial charge in [-0.15, -0.1) is 0 Å². The summed E-state index contributed by atoms with van der Waals surface area (Å²) >= 11 is 0. The van der Waals surface area contributed by atoms with Gasteiger partial charge < -0.3 is 5.32 Å². The third kappa shape index (κ3) is 4.11. The predicted molar refractivity (Wildman–Crippen MR) is 145 cm³/mol. The Kier molecular flexibility index (Phi) is 5.27. The molecule has 7 heteroatoms. The Hall–Kier alpha value is -4.57. The topological polar surface area (TPSA) is 96.5 Å². The third-order valence-corrected chi connectivity index (χ3v) is 7.13. The van der Waals surface area contributed by atoms with Crippen LogP contribution in [0.25, 0.3) is 44.2 Å². The van der Waals surface area contributed by atoms with Gasteiger partial charge in [0.05, 0.1) is 46.3 Å². The lowest BCUT2D eigenvalue weighted by Crippen LogP contribution is -2.13. The molecule has 2 aromatic carbocycles. The van der Waals surface area contributed by atoms with Crippen LogP contribution in [0.4, 0.5) is 5.69 Å². The second kappa shape index (κ2) is 8.52. The first kappa shape index (κ1) is 22.9. The van der Waals surface area contributed by atoms with Crippen molar-refractivity contribution in [3.05, 3.63) is 72.7 Å². The number of nitrogens with one attached hydrogen (secondary N) is 1. The van der Waals surface area contributed by atoms with Crippen LogP contribution in [0.3, 0.4) is 0 Å². The number of nitrogens with zero attached hydrogens (tertiary/aromatic N) is 5. The maximum Gasteiger partial charge on any atom is 0.227 e. The fraction of sp³-hybridized carbons (Fsp3) is 0.233. The zero-order valence-corrected chi connectivity index (χ0v) is 21.0. The van der Waals surface area contributed by atoms with Crippen molar-refractivity contribution in [1.82, 2.24) is 19.7 Å². The van der Waals surface area contributed by atoms with E-state index in [1.165, 1.54) is 0 Å². The molecule has 0 saturated heterocycles. The molecule has 1 saturated carbocycles. The second-order valence-corrected chi connectivity index (χ2v) is 10.3. The van der Waals surface area contributed by atoms with Crippen LogP contribution in [0.1, 0.15) is 32.3 Å². The molecule has 0 bridgehead atoms. The van der Waals surface area contributed by atoms with E-state index in [4.69, 9.17) is 4.98 Å². The van der Waals surface area contributed by atoms with Crippen molar-refractivity contribution in [2.75, 3.05) is 5.32 Å². The zero-order valence-electron chi connectivity index (χ0n) is 21.0. The van der Waals surface area contributed by atoms with Gasteiger partial charge in [0, 0.05) is 41.1 Å². The number of aryl methyl sites for hydroxylation is 1. The largest absolute Gasteiger partial charge is 0.324 e. The van der Waals surface area contributed by atoms with Gasteiger partial charge in [-0.3, -0.25) is 14.5 Å². The molecule has 1 N–H and O–H groups in total. The first-order chi connectivity index (χ1) is 17.8. The highest BCUT2D eigenvalue weighted by Crippen LogP contribution is 2.36. The molecule has 1 aliphatic rings. The molecule has 3 aromatic heterocycles. The van der Waals surface area contributed by atoms with Crippen LogP contribution < -0.4 is 5.32 Å². The molecule has 1 amide bonds. The van der Waals surface area contributed by atoms with E-state index >= 15 is 0 Å². The highest BCUT2D eigenvalue weighted by atomic mass is 16.2. The Morgan fingerprint density at radius 3 is 2.49 bits per heavy atom. The van der Waals surface area contributed by atoms with Crippen LogP contribution in [0.15, 0.2) is 67.1 Å². The monoisotopic (exact) mass is 486 g/mol. The highest BCUT2D eigenvalue weighted by Gasteiger charge is 2.29. The highest BCUT2D eigenvalue weighted by molar-refractivity contribution is 6.10. The minimum absolute atomic E-state index is 0.0653. The summed E-state index contributed by atoms with van der Waals surface area (Å²) < 4.78 is 1.85. The number of rotatable bonds is 5. The SMILES string of the molecule is Cn1ncc2c3cc(-c4cncc(NC(=O)C5CC5)c4)ccc3nc(-c3ccc(C(C)(C)C#N)cc3)c21. The molecule has 1 fully saturated rings.